The first-order valence-corrected chi connectivity index (χ1v) is 5.99. The summed E-state index contributed by atoms with van der Waals surface area (Å²) in [6.45, 7) is 1.94. The van der Waals surface area contributed by atoms with Crippen molar-refractivity contribution in [3.05, 3.63) is 59.2 Å². The van der Waals surface area contributed by atoms with Crippen LogP contribution >= 0.6 is 0 Å². The van der Waals surface area contributed by atoms with Crippen LogP contribution in [0.25, 0.3) is 0 Å². The molecular formula is C16H16O3. The normalized spacial score (nSPS) is 10.1. The van der Waals surface area contributed by atoms with E-state index in [0.29, 0.717) is 11.1 Å². The molecular weight excluding hydrogens is 240 g/mol. The molecule has 0 saturated carbocycles. The van der Waals surface area contributed by atoms with Crippen molar-refractivity contribution in [2.75, 3.05) is 14.2 Å². The van der Waals surface area contributed by atoms with Gasteiger partial charge in [-0.05, 0) is 42.8 Å². The van der Waals surface area contributed by atoms with Crippen LogP contribution in [0.15, 0.2) is 42.5 Å². The molecule has 0 amide bonds. The lowest BCUT2D eigenvalue weighted by Gasteiger charge is -2.07. The first-order chi connectivity index (χ1) is 9.15. The van der Waals surface area contributed by atoms with Crippen molar-refractivity contribution in [2.45, 2.75) is 6.92 Å². The van der Waals surface area contributed by atoms with Gasteiger partial charge in [0.25, 0.3) is 0 Å². The van der Waals surface area contributed by atoms with E-state index >= 15 is 0 Å². The van der Waals surface area contributed by atoms with E-state index in [9.17, 15) is 4.79 Å². The molecule has 0 atom stereocenters. The van der Waals surface area contributed by atoms with Crippen LogP contribution in [-0.2, 0) is 0 Å². The number of hydrogen-bond acceptors (Lipinski definition) is 3. The number of hydrogen-bond donors (Lipinski definition) is 0. The fraction of sp³-hybridized carbons (Fsp3) is 0.188. The van der Waals surface area contributed by atoms with Gasteiger partial charge in [0.2, 0.25) is 0 Å². The summed E-state index contributed by atoms with van der Waals surface area (Å²) in [7, 11) is 3.20. The molecule has 0 N–H and O–H groups in total. The van der Waals surface area contributed by atoms with Crippen molar-refractivity contribution >= 4 is 5.78 Å². The van der Waals surface area contributed by atoms with Gasteiger partial charge in [-0.25, -0.2) is 0 Å². The Labute approximate surface area is 112 Å². The number of carbonyl (C=O) groups excluding carboxylic acids is 1. The SMILES string of the molecule is COc1ccc(C(=O)c2ccc(C)c(OC)c2)cc1. The molecule has 3 nitrogen and oxygen atoms in total. The molecule has 0 aliphatic heterocycles. The maximum atomic E-state index is 12.3. The highest BCUT2D eigenvalue weighted by molar-refractivity contribution is 6.09. The Kier molecular flexibility index (Phi) is 3.85. The summed E-state index contributed by atoms with van der Waals surface area (Å²) < 4.78 is 10.3. The Morgan fingerprint density at radius 2 is 1.53 bits per heavy atom. The third-order valence-electron chi connectivity index (χ3n) is 3.02. The number of methoxy groups -OCH3 is 2. The van der Waals surface area contributed by atoms with E-state index in [-0.39, 0.29) is 5.78 Å². The van der Waals surface area contributed by atoms with Crippen molar-refractivity contribution < 1.29 is 14.3 Å². The van der Waals surface area contributed by atoms with Crippen molar-refractivity contribution in [3.63, 3.8) is 0 Å². The molecule has 0 fully saturated rings. The molecule has 0 spiro atoms. The number of carbonyl (C=O) groups is 1. The van der Waals surface area contributed by atoms with E-state index < -0.39 is 0 Å². The summed E-state index contributed by atoms with van der Waals surface area (Å²) in [6.07, 6.45) is 0. The minimum Gasteiger partial charge on any atom is -0.497 e. The second-order valence-corrected chi connectivity index (χ2v) is 4.24. The van der Waals surface area contributed by atoms with Crippen molar-refractivity contribution in [2.24, 2.45) is 0 Å². The monoisotopic (exact) mass is 256 g/mol. The highest BCUT2D eigenvalue weighted by atomic mass is 16.5. The molecule has 0 aliphatic rings. The molecule has 0 aliphatic carbocycles. The van der Waals surface area contributed by atoms with E-state index in [1.807, 2.05) is 19.1 Å². The first kappa shape index (κ1) is 13.1. The molecule has 0 heterocycles. The number of ketones is 1. The third kappa shape index (κ3) is 2.76. The van der Waals surface area contributed by atoms with Gasteiger partial charge in [0.05, 0.1) is 14.2 Å². The zero-order chi connectivity index (χ0) is 13.8. The molecule has 2 aromatic carbocycles. The van der Waals surface area contributed by atoms with Gasteiger partial charge in [0.15, 0.2) is 5.78 Å². The van der Waals surface area contributed by atoms with Crippen LogP contribution in [0.5, 0.6) is 11.5 Å². The summed E-state index contributed by atoms with van der Waals surface area (Å²) in [4.78, 5) is 12.3. The largest absolute Gasteiger partial charge is 0.497 e. The number of rotatable bonds is 4. The summed E-state index contributed by atoms with van der Waals surface area (Å²) in [5.41, 5.74) is 2.26. The Bertz CT molecular complexity index is 585. The van der Waals surface area contributed by atoms with Crippen molar-refractivity contribution in [1.29, 1.82) is 0 Å². The second-order valence-electron chi connectivity index (χ2n) is 4.24. The maximum absolute atomic E-state index is 12.3. The van der Waals surface area contributed by atoms with E-state index in [1.165, 1.54) is 0 Å². The molecule has 0 aromatic heterocycles. The van der Waals surface area contributed by atoms with E-state index in [0.717, 1.165) is 17.1 Å². The number of aryl methyl sites for hydroxylation is 1. The molecule has 19 heavy (non-hydrogen) atoms. The lowest BCUT2D eigenvalue weighted by Crippen LogP contribution is -2.02. The minimum absolute atomic E-state index is 0.0269. The number of ether oxygens (including phenoxy) is 2. The quantitative estimate of drug-likeness (QED) is 0.788. The van der Waals surface area contributed by atoms with Crippen LogP contribution in [0.1, 0.15) is 21.5 Å². The minimum atomic E-state index is -0.0269. The molecule has 3 heteroatoms. The lowest BCUT2D eigenvalue weighted by atomic mass is 10.0. The fourth-order valence-corrected chi connectivity index (χ4v) is 1.87. The zero-order valence-corrected chi connectivity index (χ0v) is 11.3. The van der Waals surface area contributed by atoms with Crippen LogP contribution in [-0.4, -0.2) is 20.0 Å². The average Bonchev–Trinajstić information content (AvgIpc) is 2.47. The van der Waals surface area contributed by atoms with Gasteiger partial charge in [0.1, 0.15) is 11.5 Å². The molecule has 0 radical (unpaired) electrons. The molecule has 98 valence electrons. The van der Waals surface area contributed by atoms with E-state index in [2.05, 4.69) is 0 Å². The predicted molar refractivity (Wildman–Crippen MR) is 74.2 cm³/mol. The predicted octanol–water partition coefficient (Wildman–Crippen LogP) is 3.24. The first-order valence-electron chi connectivity index (χ1n) is 5.99. The van der Waals surface area contributed by atoms with Crippen molar-refractivity contribution in [1.82, 2.24) is 0 Å². The number of benzene rings is 2. The Morgan fingerprint density at radius 3 is 2.11 bits per heavy atom. The van der Waals surface area contributed by atoms with Crippen LogP contribution in [0, 0.1) is 6.92 Å². The summed E-state index contributed by atoms with van der Waals surface area (Å²) >= 11 is 0. The van der Waals surface area contributed by atoms with Crippen LogP contribution in [0.3, 0.4) is 0 Å². The van der Waals surface area contributed by atoms with Crippen LogP contribution in [0.2, 0.25) is 0 Å². The molecule has 2 aromatic rings. The van der Waals surface area contributed by atoms with Gasteiger partial charge in [-0.2, -0.15) is 0 Å². The lowest BCUT2D eigenvalue weighted by molar-refractivity contribution is 0.103. The van der Waals surface area contributed by atoms with E-state index in [4.69, 9.17) is 9.47 Å². The van der Waals surface area contributed by atoms with Gasteiger partial charge >= 0.3 is 0 Å². The summed E-state index contributed by atoms with van der Waals surface area (Å²) in [5, 5.41) is 0. The molecule has 0 bridgehead atoms. The standard InChI is InChI=1S/C16H16O3/c1-11-4-5-13(10-15(11)19-3)16(17)12-6-8-14(18-2)9-7-12/h4-10H,1-3H3. The van der Waals surface area contributed by atoms with Crippen LogP contribution < -0.4 is 9.47 Å². The highest BCUT2D eigenvalue weighted by Crippen LogP contribution is 2.21. The van der Waals surface area contributed by atoms with Gasteiger partial charge in [-0.1, -0.05) is 12.1 Å². The average molecular weight is 256 g/mol. The summed E-state index contributed by atoms with van der Waals surface area (Å²) in [5.74, 6) is 1.43. The Hall–Kier alpha value is -2.29. The molecule has 2 rings (SSSR count). The van der Waals surface area contributed by atoms with Gasteiger partial charge in [-0.3, -0.25) is 4.79 Å². The summed E-state index contributed by atoms with van der Waals surface area (Å²) in [6, 6.07) is 12.5. The maximum Gasteiger partial charge on any atom is 0.193 e. The van der Waals surface area contributed by atoms with Gasteiger partial charge in [-0.15, -0.1) is 0 Å². The third-order valence-corrected chi connectivity index (χ3v) is 3.02. The second kappa shape index (κ2) is 5.57. The van der Waals surface area contributed by atoms with Crippen LogP contribution in [0.4, 0.5) is 0 Å². The highest BCUT2D eigenvalue weighted by Gasteiger charge is 2.11. The Morgan fingerprint density at radius 1 is 0.895 bits per heavy atom. The topological polar surface area (TPSA) is 35.5 Å². The van der Waals surface area contributed by atoms with E-state index in [1.54, 1.807) is 44.6 Å². The Balaban J connectivity index is 2.32. The molecule has 0 unspecified atom stereocenters. The van der Waals surface area contributed by atoms with Gasteiger partial charge in [0, 0.05) is 11.1 Å². The zero-order valence-electron chi connectivity index (χ0n) is 11.3. The fourth-order valence-electron chi connectivity index (χ4n) is 1.87. The smallest absolute Gasteiger partial charge is 0.193 e. The van der Waals surface area contributed by atoms with Gasteiger partial charge < -0.3 is 9.47 Å². The molecule has 0 saturated heterocycles. The van der Waals surface area contributed by atoms with Crippen molar-refractivity contribution in [3.8, 4) is 11.5 Å².